The summed E-state index contributed by atoms with van der Waals surface area (Å²) in [6.07, 6.45) is 4.44. The van der Waals surface area contributed by atoms with E-state index in [0.717, 1.165) is 12.2 Å². The molecule has 1 aliphatic rings. The van der Waals surface area contributed by atoms with E-state index in [0.29, 0.717) is 0 Å². The number of hydrogen-bond acceptors (Lipinski definition) is 3. The van der Waals surface area contributed by atoms with Gasteiger partial charge in [0.15, 0.2) is 0 Å². The number of likely N-dealkylation sites (tertiary alicyclic amines) is 1. The van der Waals surface area contributed by atoms with Gasteiger partial charge in [-0.15, -0.1) is 0 Å². The number of rotatable bonds is 4. The van der Waals surface area contributed by atoms with Crippen molar-refractivity contribution in [3.63, 3.8) is 0 Å². The standard InChI is InChI=1S/C13H24N4/c1-4-17-11(7-8-15-17)12(14)13(2,3)16-9-5-6-10-16/h7-8,12H,4-6,9-10,14H2,1-3H3. The molecule has 0 saturated carbocycles. The summed E-state index contributed by atoms with van der Waals surface area (Å²) in [4.78, 5) is 2.50. The minimum Gasteiger partial charge on any atom is -0.321 e. The topological polar surface area (TPSA) is 47.1 Å². The first-order valence-corrected chi connectivity index (χ1v) is 6.59. The van der Waals surface area contributed by atoms with Crippen LogP contribution in [0.4, 0.5) is 0 Å². The Morgan fingerprint density at radius 1 is 1.41 bits per heavy atom. The lowest BCUT2D eigenvalue weighted by atomic mass is 9.91. The smallest absolute Gasteiger partial charge is 0.0648 e. The molecule has 1 aromatic rings. The van der Waals surface area contributed by atoms with Crippen molar-refractivity contribution < 1.29 is 0 Å². The summed E-state index contributed by atoms with van der Waals surface area (Å²) >= 11 is 0. The van der Waals surface area contributed by atoms with Crippen molar-refractivity contribution >= 4 is 0 Å². The Morgan fingerprint density at radius 2 is 2.06 bits per heavy atom. The van der Waals surface area contributed by atoms with E-state index in [1.54, 1.807) is 0 Å². The molecule has 17 heavy (non-hydrogen) atoms. The van der Waals surface area contributed by atoms with E-state index in [4.69, 9.17) is 5.73 Å². The van der Waals surface area contributed by atoms with Crippen LogP contribution < -0.4 is 5.73 Å². The zero-order valence-corrected chi connectivity index (χ0v) is 11.2. The molecule has 96 valence electrons. The molecule has 1 saturated heterocycles. The van der Waals surface area contributed by atoms with Crippen molar-refractivity contribution in [2.24, 2.45) is 5.73 Å². The molecule has 2 heterocycles. The molecule has 2 N–H and O–H groups in total. The average Bonchev–Trinajstić information content (AvgIpc) is 2.98. The van der Waals surface area contributed by atoms with Gasteiger partial charge in [-0.1, -0.05) is 0 Å². The highest BCUT2D eigenvalue weighted by molar-refractivity contribution is 5.13. The van der Waals surface area contributed by atoms with E-state index in [-0.39, 0.29) is 11.6 Å². The van der Waals surface area contributed by atoms with Gasteiger partial charge in [0.2, 0.25) is 0 Å². The predicted molar refractivity (Wildman–Crippen MR) is 69.7 cm³/mol. The maximum absolute atomic E-state index is 6.47. The minimum atomic E-state index is 0.00343. The Kier molecular flexibility index (Phi) is 3.54. The van der Waals surface area contributed by atoms with E-state index in [1.807, 2.05) is 16.9 Å². The second-order valence-electron chi connectivity index (χ2n) is 5.40. The second-order valence-corrected chi connectivity index (χ2v) is 5.40. The number of nitrogens with zero attached hydrogens (tertiary/aromatic N) is 3. The molecule has 1 aliphatic heterocycles. The summed E-state index contributed by atoms with van der Waals surface area (Å²) in [5.74, 6) is 0. The maximum atomic E-state index is 6.47. The first kappa shape index (κ1) is 12.6. The van der Waals surface area contributed by atoms with Crippen LogP contribution in [0.2, 0.25) is 0 Å². The maximum Gasteiger partial charge on any atom is 0.0648 e. The van der Waals surface area contributed by atoms with Crippen LogP contribution in [0, 0.1) is 0 Å². The normalized spacial score (nSPS) is 19.8. The van der Waals surface area contributed by atoms with Crippen molar-refractivity contribution in [1.29, 1.82) is 0 Å². The lowest BCUT2D eigenvalue weighted by Gasteiger charge is -2.40. The monoisotopic (exact) mass is 236 g/mol. The van der Waals surface area contributed by atoms with Gasteiger partial charge in [0.25, 0.3) is 0 Å². The first-order valence-electron chi connectivity index (χ1n) is 6.59. The number of aromatic nitrogens is 2. The molecule has 0 radical (unpaired) electrons. The minimum absolute atomic E-state index is 0.00343. The Hall–Kier alpha value is -0.870. The molecule has 4 heteroatoms. The van der Waals surface area contributed by atoms with Crippen LogP contribution in [0.3, 0.4) is 0 Å². The van der Waals surface area contributed by atoms with Gasteiger partial charge in [-0.3, -0.25) is 9.58 Å². The first-order chi connectivity index (χ1) is 8.07. The zero-order valence-electron chi connectivity index (χ0n) is 11.2. The van der Waals surface area contributed by atoms with E-state index >= 15 is 0 Å². The summed E-state index contributed by atoms with van der Waals surface area (Å²) in [6, 6.07) is 2.06. The third-order valence-corrected chi connectivity index (χ3v) is 4.05. The SMILES string of the molecule is CCn1nccc1C(N)C(C)(C)N1CCCC1. The zero-order chi connectivity index (χ0) is 12.5. The molecule has 0 bridgehead atoms. The van der Waals surface area contributed by atoms with Crippen molar-refractivity contribution in [2.75, 3.05) is 13.1 Å². The fraction of sp³-hybridized carbons (Fsp3) is 0.769. The molecule has 0 amide bonds. The van der Waals surface area contributed by atoms with Crippen LogP contribution in [0.1, 0.15) is 45.3 Å². The van der Waals surface area contributed by atoms with Gasteiger partial charge < -0.3 is 5.73 Å². The van der Waals surface area contributed by atoms with Crippen molar-refractivity contribution in [3.05, 3.63) is 18.0 Å². The summed E-state index contributed by atoms with van der Waals surface area (Å²) < 4.78 is 2.00. The Morgan fingerprint density at radius 3 is 2.65 bits per heavy atom. The predicted octanol–water partition coefficient (Wildman–Crippen LogP) is 1.78. The molecule has 1 unspecified atom stereocenters. The summed E-state index contributed by atoms with van der Waals surface area (Å²) in [5.41, 5.74) is 7.62. The fourth-order valence-electron chi connectivity index (χ4n) is 2.72. The van der Waals surface area contributed by atoms with Crippen LogP contribution in [-0.2, 0) is 6.54 Å². The largest absolute Gasteiger partial charge is 0.321 e. The highest BCUT2D eigenvalue weighted by Gasteiger charge is 2.36. The fourth-order valence-corrected chi connectivity index (χ4v) is 2.72. The lowest BCUT2D eigenvalue weighted by Crippen LogP contribution is -2.50. The van der Waals surface area contributed by atoms with Gasteiger partial charge in [-0.05, 0) is 52.8 Å². The van der Waals surface area contributed by atoms with Crippen molar-refractivity contribution in [1.82, 2.24) is 14.7 Å². The molecular weight excluding hydrogens is 212 g/mol. The van der Waals surface area contributed by atoms with Crippen LogP contribution in [0.25, 0.3) is 0 Å². The van der Waals surface area contributed by atoms with Crippen LogP contribution in [-0.4, -0.2) is 33.3 Å². The molecular formula is C13H24N4. The molecule has 4 nitrogen and oxygen atoms in total. The Balaban J connectivity index is 2.20. The van der Waals surface area contributed by atoms with Crippen LogP contribution in [0.5, 0.6) is 0 Å². The highest BCUT2D eigenvalue weighted by Crippen LogP contribution is 2.31. The number of hydrogen-bond donors (Lipinski definition) is 1. The molecule has 1 fully saturated rings. The van der Waals surface area contributed by atoms with Gasteiger partial charge in [-0.25, -0.2) is 0 Å². The third kappa shape index (κ3) is 2.24. The van der Waals surface area contributed by atoms with Gasteiger partial charge in [0, 0.05) is 18.3 Å². The highest BCUT2D eigenvalue weighted by atomic mass is 15.3. The van der Waals surface area contributed by atoms with Crippen molar-refractivity contribution in [3.8, 4) is 0 Å². The van der Waals surface area contributed by atoms with Gasteiger partial charge in [0.1, 0.15) is 0 Å². The Labute approximate surface area is 104 Å². The van der Waals surface area contributed by atoms with Gasteiger partial charge >= 0.3 is 0 Å². The van der Waals surface area contributed by atoms with Gasteiger partial charge in [-0.2, -0.15) is 5.10 Å². The summed E-state index contributed by atoms with van der Waals surface area (Å²) in [7, 11) is 0. The third-order valence-electron chi connectivity index (χ3n) is 4.05. The van der Waals surface area contributed by atoms with Crippen LogP contribution in [0.15, 0.2) is 12.3 Å². The van der Waals surface area contributed by atoms with Crippen LogP contribution >= 0.6 is 0 Å². The second kappa shape index (κ2) is 4.78. The van der Waals surface area contributed by atoms with E-state index < -0.39 is 0 Å². The molecule has 1 atom stereocenters. The molecule has 0 aromatic carbocycles. The van der Waals surface area contributed by atoms with Crippen molar-refractivity contribution in [2.45, 2.75) is 51.7 Å². The summed E-state index contributed by atoms with van der Waals surface area (Å²) in [5, 5.41) is 4.31. The van der Waals surface area contributed by atoms with Gasteiger partial charge in [0.05, 0.1) is 11.7 Å². The van der Waals surface area contributed by atoms with E-state index in [9.17, 15) is 0 Å². The molecule has 0 aliphatic carbocycles. The molecule has 2 rings (SSSR count). The Bertz CT molecular complexity index is 363. The lowest BCUT2D eigenvalue weighted by molar-refractivity contribution is 0.120. The quantitative estimate of drug-likeness (QED) is 0.867. The summed E-state index contributed by atoms with van der Waals surface area (Å²) in [6.45, 7) is 9.81. The average molecular weight is 236 g/mol. The molecule has 0 spiro atoms. The molecule has 1 aromatic heterocycles. The number of nitrogens with two attached hydrogens (primary N) is 1. The van der Waals surface area contributed by atoms with E-state index in [2.05, 4.69) is 30.8 Å². The van der Waals surface area contributed by atoms with E-state index in [1.165, 1.54) is 25.9 Å². The number of aryl methyl sites for hydroxylation is 1.